The van der Waals surface area contributed by atoms with Gasteiger partial charge in [0.1, 0.15) is 5.82 Å². The molecule has 0 saturated heterocycles. The first-order valence-electron chi connectivity index (χ1n) is 5.41. The number of carbonyl (C=O) groups is 1. The van der Waals surface area contributed by atoms with Crippen LogP contribution in [0.25, 0.3) is 0 Å². The number of rotatable bonds is 4. The normalized spacial score (nSPS) is 12.6. The second kappa shape index (κ2) is 6.12. The van der Waals surface area contributed by atoms with Gasteiger partial charge in [0.05, 0.1) is 10.0 Å². The summed E-state index contributed by atoms with van der Waals surface area (Å²) in [6.07, 6.45) is 0. The Morgan fingerprint density at radius 1 is 1.53 bits per heavy atom. The van der Waals surface area contributed by atoms with Crippen molar-refractivity contribution in [2.75, 3.05) is 6.54 Å². The molecule has 1 rings (SSSR count). The van der Waals surface area contributed by atoms with E-state index in [0.717, 1.165) is 0 Å². The third-order valence-electron chi connectivity index (χ3n) is 2.55. The first-order valence-corrected chi connectivity index (χ1v) is 6.20. The quantitative estimate of drug-likeness (QED) is 0.897. The molecule has 0 heterocycles. The summed E-state index contributed by atoms with van der Waals surface area (Å²) < 4.78 is 13.9. The number of carbonyl (C=O) groups excluding carboxylic acids is 1. The first kappa shape index (κ1) is 14.1. The van der Waals surface area contributed by atoms with Crippen LogP contribution in [0.5, 0.6) is 0 Å². The van der Waals surface area contributed by atoms with E-state index >= 15 is 0 Å². The monoisotopic (exact) mass is 302 g/mol. The van der Waals surface area contributed by atoms with Crippen molar-refractivity contribution in [1.82, 2.24) is 5.32 Å². The molecular weight excluding hydrogens is 287 g/mol. The lowest BCUT2D eigenvalue weighted by Gasteiger charge is -2.16. The van der Waals surface area contributed by atoms with Crippen molar-refractivity contribution >= 4 is 21.8 Å². The minimum absolute atomic E-state index is 0.0235. The molecule has 1 amide bonds. The molecule has 17 heavy (non-hydrogen) atoms. The number of halogens is 2. The zero-order valence-corrected chi connectivity index (χ0v) is 11.4. The van der Waals surface area contributed by atoms with Crippen LogP contribution < -0.4 is 11.1 Å². The SMILES string of the molecule is CC(C)C(N)CNC(=O)c1cccc(Br)c1F. The summed E-state index contributed by atoms with van der Waals surface area (Å²) >= 11 is 3.04. The molecule has 0 aliphatic carbocycles. The fourth-order valence-electron chi connectivity index (χ4n) is 1.22. The van der Waals surface area contributed by atoms with Crippen LogP contribution in [-0.2, 0) is 0 Å². The Morgan fingerprint density at radius 2 is 2.18 bits per heavy atom. The lowest BCUT2D eigenvalue weighted by atomic mass is 10.1. The second-order valence-electron chi connectivity index (χ2n) is 4.22. The molecule has 0 bridgehead atoms. The van der Waals surface area contributed by atoms with Crippen LogP contribution in [0.4, 0.5) is 4.39 Å². The molecule has 3 nitrogen and oxygen atoms in total. The summed E-state index contributed by atoms with van der Waals surface area (Å²) in [7, 11) is 0. The van der Waals surface area contributed by atoms with E-state index in [1.807, 2.05) is 13.8 Å². The van der Waals surface area contributed by atoms with Crippen LogP contribution in [0.2, 0.25) is 0 Å². The van der Waals surface area contributed by atoms with Gasteiger partial charge in [-0.2, -0.15) is 0 Å². The highest BCUT2D eigenvalue weighted by Crippen LogP contribution is 2.18. The largest absolute Gasteiger partial charge is 0.350 e. The van der Waals surface area contributed by atoms with Crippen molar-refractivity contribution < 1.29 is 9.18 Å². The van der Waals surface area contributed by atoms with Gasteiger partial charge in [-0.1, -0.05) is 19.9 Å². The average Bonchev–Trinajstić information content (AvgIpc) is 2.29. The predicted molar refractivity (Wildman–Crippen MR) is 69.2 cm³/mol. The van der Waals surface area contributed by atoms with Gasteiger partial charge in [0, 0.05) is 12.6 Å². The van der Waals surface area contributed by atoms with E-state index in [1.54, 1.807) is 12.1 Å². The highest BCUT2D eigenvalue weighted by molar-refractivity contribution is 9.10. The summed E-state index contributed by atoms with van der Waals surface area (Å²) in [6.45, 7) is 4.27. The molecular formula is C12H16BrFN2O. The second-order valence-corrected chi connectivity index (χ2v) is 5.07. The molecule has 5 heteroatoms. The van der Waals surface area contributed by atoms with Gasteiger partial charge in [-0.15, -0.1) is 0 Å². The van der Waals surface area contributed by atoms with Gasteiger partial charge in [-0.25, -0.2) is 4.39 Å². The van der Waals surface area contributed by atoms with E-state index in [2.05, 4.69) is 21.2 Å². The van der Waals surface area contributed by atoms with Gasteiger partial charge in [-0.3, -0.25) is 4.79 Å². The standard InChI is InChI=1S/C12H16BrFN2O/c1-7(2)10(15)6-16-12(17)8-4-3-5-9(13)11(8)14/h3-5,7,10H,6,15H2,1-2H3,(H,16,17). The summed E-state index contributed by atoms with van der Waals surface area (Å²) in [6, 6.07) is 4.47. The molecule has 0 fully saturated rings. The Balaban J connectivity index is 2.68. The van der Waals surface area contributed by atoms with E-state index in [1.165, 1.54) is 6.07 Å². The molecule has 3 N–H and O–H groups in total. The highest BCUT2D eigenvalue weighted by atomic mass is 79.9. The Kier molecular flexibility index (Phi) is 5.08. The zero-order valence-electron chi connectivity index (χ0n) is 9.84. The van der Waals surface area contributed by atoms with Crippen LogP contribution >= 0.6 is 15.9 Å². The summed E-state index contributed by atoms with van der Waals surface area (Å²) in [4.78, 5) is 11.7. The number of hydrogen-bond donors (Lipinski definition) is 2. The van der Waals surface area contributed by atoms with Crippen molar-refractivity contribution in [1.29, 1.82) is 0 Å². The number of nitrogens with two attached hydrogens (primary N) is 1. The molecule has 94 valence electrons. The van der Waals surface area contributed by atoms with Gasteiger partial charge in [0.25, 0.3) is 5.91 Å². The average molecular weight is 303 g/mol. The van der Waals surface area contributed by atoms with E-state index in [9.17, 15) is 9.18 Å². The molecule has 1 aromatic carbocycles. The Bertz CT molecular complexity index is 409. The van der Waals surface area contributed by atoms with Crippen LogP contribution in [0.15, 0.2) is 22.7 Å². The predicted octanol–water partition coefficient (Wildman–Crippen LogP) is 2.30. The van der Waals surface area contributed by atoms with Crippen LogP contribution in [0.1, 0.15) is 24.2 Å². The van der Waals surface area contributed by atoms with Crippen molar-refractivity contribution in [3.8, 4) is 0 Å². The molecule has 1 unspecified atom stereocenters. The molecule has 0 aliphatic heterocycles. The van der Waals surface area contributed by atoms with E-state index < -0.39 is 11.7 Å². The van der Waals surface area contributed by atoms with Gasteiger partial charge >= 0.3 is 0 Å². The van der Waals surface area contributed by atoms with Crippen molar-refractivity contribution in [2.24, 2.45) is 11.7 Å². The van der Waals surface area contributed by atoms with Crippen molar-refractivity contribution in [3.63, 3.8) is 0 Å². The van der Waals surface area contributed by atoms with E-state index in [-0.39, 0.29) is 22.0 Å². The molecule has 0 radical (unpaired) electrons. The number of benzene rings is 1. The van der Waals surface area contributed by atoms with Gasteiger partial charge in [0.2, 0.25) is 0 Å². The molecule has 0 aromatic heterocycles. The summed E-state index contributed by atoms with van der Waals surface area (Å²) in [5, 5.41) is 2.62. The number of nitrogens with one attached hydrogen (secondary N) is 1. The van der Waals surface area contributed by atoms with Crippen LogP contribution in [0, 0.1) is 11.7 Å². The van der Waals surface area contributed by atoms with E-state index in [0.29, 0.717) is 6.54 Å². The fraction of sp³-hybridized carbons (Fsp3) is 0.417. The lowest BCUT2D eigenvalue weighted by molar-refractivity contribution is 0.0945. The Hall–Kier alpha value is -0.940. The van der Waals surface area contributed by atoms with Crippen molar-refractivity contribution in [3.05, 3.63) is 34.1 Å². The molecule has 0 spiro atoms. The fourth-order valence-corrected chi connectivity index (χ4v) is 1.59. The summed E-state index contributed by atoms with van der Waals surface area (Å²) in [5.74, 6) is -0.731. The number of amides is 1. The van der Waals surface area contributed by atoms with E-state index in [4.69, 9.17) is 5.73 Å². The Labute approximate surface area is 109 Å². The zero-order chi connectivity index (χ0) is 13.0. The smallest absolute Gasteiger partial charge is 0.254 e. The minimum Gasteiger partial charge on any atom is -0.350 e. The molecule has 1 atom stereocenters. The number of hydrogen-bond acceptors (Lipinski definition) is 2. The maximum atomic E-state index is 13.6. The third-order valence-corrected chi connectivity index (χ3v) is 3.16. The maximum absolute atomic E-state index is 13.6. The molecule has 0 aliphatic rings. The van der Waals surface area contributed by atoms with Gasteiger partial charge in [-0.05, 0) is 34.0 Å². The van der Waals surface area contributed by atoms with Crippen molar-refractivity contribution in [2.45, 2.75) is 19.9 Å². The van der Waals surface area contributed by atoms with Gasteiger partial charge < -0.3 is 11.1 Å². The van der Waals surface area contributed by atoms with Crippen LogP contribution in [0.3, 0.4) is 0 Å². The topological polar surface area (TPSA) is 55.1 Å². The first-order chi connectivity index (χ1) is 7.93. The third kappa shape index (κ3) is 3.78. The molecule has 0 saturated carbocycles. The Morgan fingerprint density at radius 3 is 2.76 bits per heavy atom. The highest BCUT2D eigenvalue weighted by Gasteiger charge is 2.15. The summed E-state index contributed by atoms with van der Waals surface area (Å²) in [5.41, 5.74) is 5.82. The van der Waals surface area contributed by atoms with Gasteiger partial charge in [0.15, 0.2) is 0 Å². The lowest BCUT2D eigenvalue weighted by Crippen LogP contribution is -2.40. The van der Waals surface area contributed by atoms with Crippen LogP contribution in [-0.4, -0.2) is 18.5 Å². The minimum atomic E-state index is -0.553. The molecule has 1 aromatic rings. The maximum Gasteiger partial charge on any atom is 0.254 e.